The van der Waals surface area contributed by atoms with Gasteiger partial charge in [-0.1, -0.05) is 0 Å². The first kappa shape index (κ1) is 19.4. The van der Waals surface area contributed by atoms with Gasteiger partial charge in [0, 0.05) is 50.8 Å². The van der Waals surface area contributed by atoms with Crippen LogP contribution in [0.15, 0.2) is 23.3 Å². The summed E-state index contributed by atoms with van der Waals surface area (Å²) in [6.07, 6.45) is -2.32. The van der Waals surface area contributed by atoms with Gasteiger partial charge >= 0.3 is 6.18 Å². The van der Waals surface area contributed by atoms with Gasteiger partial charge in [-0.05, 0) is 18.1 Å². The number of hydrogen-bond donors (Lipinski definition) is 0. The Morgan fingerprint density at radius 2 is 1.93 bits per heavy atom. The molecule has 29 heavy (non-hydrogen) atoms. The molecule has 0 radical (unpaired) electrons. The van der Waals surface area contributed by atoms with Crippen molar-refractivity contribution < 1.29 is 18.0 Å². The number of anilines is 1. The van der Waals surface area contributed by atoms with E-state index in [0.29, 0.717) is 38.4 Å². The van der Waals surface area contributed by atoms with Crippen molar-refractivity contribution in [1.82, 2.24) is 19.4 Å². The Balaban J connectivity index is 1.33. The highest BCUT2D eigenvalue weighted by molar-refractivity contribution is 5.77. The van der Waals surface area contributed by atoms with E-state index in [1.165, 1.54) is 0 Å². The second-order valence-electron chi connectivity index (χ2n) is 7.63. The maximum atomic E-state index is 12.7. The van der Waals surface area contributed by atoms with Gasteiger partial charge in [0.1, 0.15) is 5.82 Å². The number of carbonyl (C=O) groups is 1. The maximum Gasteiger partial charge on any atom is 0.434 e. The molecule has 0 unspecified atom stereocenters. The molecule has 4 rings (SSSR count). The molecule has 10 heteroatoms. The summed E-state index contributed by atoms with van der Waals surface area (Å²) in [6, 6.07) is 1.59. The summed E-state index contributed by atoms with van der Waals surface area (Å²) in [5.74, 6) is 0.498. The molecule has 0 aromatic carbocycles. The van der Waals surface area contributed by atoms with Crippen molar-refractivity contribution in [2.24, 2.45) is 13.0 Å². The van der Waals surface area contributed by atoms with Crippen LogP contribution in [-0.2, 0) is 31.1 Å². The van der Waals surface area contributed by atoms with E-state index in [9.17, 15) is 22.8 Å². The first-order chi connectivity index (χ1) is 13.6. The molecule has 1 amide bonds. The fraction of sp³-hybridized carbons (Fsp3) is 0.474. The second-order valence-corrected chi connectivity index (χ2v) is 7.63. The van der Waals surface area contributed by atoms with E-state index >= 15 is 0 Å². The zero-order valence-corrected chi connectivity index (χ0v) is 16.0. The van der Waals surface area contributed by atoms with Crippen LogP contribution < -0.4 is 10.5 Å². The lowest BCUT2D eigenvalue weighted by molar-refractivity contribution is -0.141. The number of fused-ring (bicyclic) bond motifs is 1. The largest absolute Gasteiger partial charge is 0.434 e. The van der Waals surface area contributed by atoms with Gasteiger partial charge in [-0.2, -0.15) is 13.2 Å². The number of alkyl halides is 3. The molecule has 0 aliphatic carbocycles. The summed E-state index contributed by atoms with van der Waals surface area (Å²) in [4.78, 5) is 35.4. The monoisotopic (exact) mass is 407 g/mol. The van der Waals surface area contributed by atoms with E-state index in [2.05, 4.69) is 9.97 Å². The van der Waals surface area contributed by atoms with Gasteiger partial charge in [0.05, 0.1) is 18.9 Å². The van der Waals surface area contributed by atoms with Gasteiger partial charge in [-0.25, -0.2) is 9.97 Å². The fourth-order valence-electron chi connectivity index (χ4n) is 3.85. The van der Waals surface area contributed by atoms with Gasteiger partial charge in [0.25, 0.3) is 5.56 Å². The molecule has 154 valence electrons. The molecule has 2 aromatic heterocycles. The summed E-state index contributed by atoms with van der Waals surface area (Å²) in [5.41, 5.74) is 1.69. The number of pyridine rings is 1. The molecule has 4 heterocycles. The SMILES string of the molecule is Cc1cc(=O)n(C)c2c1CN(C(=O)CC1CN(c3cnc(C(F)(F)F)cn3)C1)C2. The predicted octanol–water partition coefficient (Wildman–Crippen LogP) is 1.87. The van der Waals surface area contributed by atoms with Gasteiger partial charge in [0.15, 0.2) is 5.69 Å². The molecule has 2 aliphatic rings. The summed E-state index contributed by atoms with van der Waals surface area (Å²) < 4.78 is 39.3. The average molecular weight is 407 g/mol. The number of hydrogen-bond acceptors (Lipinski definition) is 5. The Hall–Kier alpha value is -2.91. The van der Waals surface area contributed by atoms with Gasteiger partial charge in [-0.3, -0.25) is 9.59 Å². The minimum Gasteiger partial charge on any atom is -0.355 e. The van der Waals surface area contributed by atoms with Crippen molar-refractivity contribution >= 4 is 11.7 Å². The van der Waals surface area contributed by atoms with Gasteiger partial charge < -0.3 is 14.4 Å². The number of halogens is 3. The van der Waals surface area contributed by atoms with Gasteiger partial charge in [0.2, 0.25) is 5.91 Å². The van der Waals surface area contributed by atoms with Crippen LogP contribution in [0.5, 0.6) is 0 Å². The first-order valence-corrected chi connectivity index (χ1v) is 9.24. The molecular formula is C19H20F3N5O2. The third-order valence-corrected chi connectivity index (χ3v) is 5.62. The summed E-state index contributed by atoms with van der Waals surface area (Å²) in [6.45, 7) is 3.88. The third-order valence-electron chi connectivity index (χ3n) is 5.62. The van der Waals surface area contributed by atoms with E-state index in [-0.39, 0.29) is 17.4 Å². The molecule has 0 N–H and O–H groups in total. The zero-order chi connectivity index (χ0) is 20.9. The zero-order valence-electron chi connectivity index (χ0n) is 16.0. The van der Waals surface area contributed by atoms with Crippen molar-refractivity contribution in [2.75, 3.05) is 18.0 Å². The summed E-state index contributed by atoms with van der Waals surface area (Å²) in [5, 5.41) is 0. The molecule has 2 aliphatic heterocycles. The summed E-state index contributed by atoms with van der Waals surface area (Å²) in [7, 11) is 1.71. The lowest BCUT2D eigenvalue weighted by Gasteiger charge is -2.40. The normalized spacial score (nSPS) is 16.7. The smallest absolute Gasteiger partial charge is 0.355 e. The highest BCUT2D eigenvalue weighted by atomic mass is 19.4. The maximum absolute atomic E-state index is 12.7. The van der Waals surface area contributed by atoms with Crippen LogP contribution in [0.1, 0.15) is 28.9 Å². The second kappa shape index (κ2) is 6.85. The van der Waals surface area contributed by atoms with Crippen molar-refractivity contribution in [3.8, 4) is 0 Å². The lowest BCUT2D eigenvalue weighted by Crippen LogP contribution is -2.49. The van der Waals surface area contributed by atoms with Crippen molar-refractivity contribution in [2.45, 2.75) is 32.6 Å². The molecule has 0 saturated carbocycles. The van der Waals surface area contributed by atoms with Crippen LogP contribution in [0.25, 0.3) is 0 Å². The Labute approximate surface area is 164 Å². The van der Waals surface area contributed by atoms with E-state index in [4.69, 9.17) is 0 Å². The number of carbonyl (C=O) groups excluding carboxylic acids is 1. The number of aromatic nitrogens is 3. The number of nitrogens with zero attached hydrogens (tertiary/aromatic N) is 5. The molecule has 0 atom stereocenters. The minimum absolute atomic E-state index is 0.0104. The van der Waals surface area contributed by atoms with Crippen LogP contribution in [0, 0.1) is 12.8 Å². The molecule has 0 bridgehead atoms. The molecule has 2 aromatic rings. The first-order valence-electron chi connectivity index (χ1n) is 9.24. The van der Waals surface area contributed by atoms with Crippen LogP contribution in [0.3, 0.4) is 0 Å². The Morgan fingerprint density at radius 1 is 1.21 bits per heavy atom. The molecule has 7 nitrogen and oxygen atoms in total. The van der Waals surface area contributed by atoms with E-state index in [1.54, 1.807) is 27.5 Å². The quantitative estimate of drug-likeness (QED) is 0.777. The topological polar surface area (TPSA) is 71.3 Å². The highest BCUT2D eigenvalue weighted by Gasteiger charge is 2.35. The number of rotatable bonds is 3. The summed E-state index contributed by atoms with van der Waals surface area (Å²) >= 11 is 0. The fourth-order valence-corrected chi connectivity index (χ4v) is 3.85. The number of aryl methyl sites for hydroxylation is 1. The Kier molecular flexibility index (Phi) is 4.59. The number of amides is 1. The molecule has 0 spiro atoms. The van der Waals surface area contributed by atoms with Crippen molar-refractivity contribution in [1.29, 1.82) is 0 Å². The van der Waals surface area contributed by atoms with Crippen LogP contribution in [-0.4, -0.2) is 38.4 Å². The molecular weight excluding hydrogens is 387 g/mol. The average Bonchev–Trinajstić information content (AvgIpc) is 3.08. The van der Waals surface area contributed by atoms with Crippen LogP contribution in [0.2, 0.25) is 0 Å². The molecule has 1 saturated heterocycles. The van der Waals surface area contributed by atoms with E-state index in [0.717, 1.165) is 29.2 Å². The predicted molar refractivity (Wildman–Crippen MR) is 98.0 cm³/mol. The van der Waals surface area contributed by atoms with Crippen molar-refractivity contribution in [3.63, 3.8) is 0 Å². The highest BCUT2D eigenvalue weighted by Crippen LogP contribution is 2.30. The Bertz CT molecular complexity index is 1010. The Morgan fingerprint density at radius 3 is 2.55 bits per heavy atom. The molecule has 1 fully saturated rings. The van der Waals surface area contributed by atoms with E-state index in [1.807, 2.05) is 6.92 Å². The third kappa shape index (κ3) is 3.58. The van der Waals surface area contributed by atoms with Crippen molar-refractivity contribution in [3.05, 3.63) is 51.3 Å². The minimum atomic E-state index is -4.51. The van der Waals surface area contributed by atoms with Crippen LogP contribution in [0.4, 0.5) is 19.0 Å². The van der Waals surface area contributed by atoms with Gasteiger partial charge in [-0.15, -0.1) is 0 Å². The van der Waals surface area contributed by atoms with Crippen LogP contribution >= 0.6 is 0 Å². The van der Waals surface area contributed by atoms with E-state index < -0.39 is 11.9 Å². The standard InChI is InChI=1S/C19H20F3N5O2/c1-11-3-17(28)25(2)14-10-27(9-13(11)14)18(29)4-12-7-26(8-12)16-6-23-15(5-24-16)19(20,21)22/h3,5-6,12H,4,7-10H2,1-2H3. The lowest BCUT2D eigenvalue weighted by atomic mass is 9.95.